The smallest absolute Gasteiger partial charge is 0.275 e. The highest BCUT2D eigenvalue weighted by Crippen LogP contribution is 2.43. The van der Waals surface area contributed by atoms with Crippen LogP contribution in [0.5, 0.6) is 5.75 Å². The van der Waals surface area contributed by atoms with E-state index in [1.807, 2.05) is 74.5 Å². The van der Waals surface area contributed by atoms with Gasteiger partial charge in [0.05, 0.1) is 13.2 Å². The van der Waals surface area contributed by atoms with Gasteiger partial charge in [-0.2, -0.15) is 0 Å². The summed E-state index contributed by atoms with van der Waals surface area (Å²) in [5.74, 6) is -0.866. The van der Waals surface area contributed by atoms with Gasteiger partial charge < -0.3 is 20.0 Å². The molecule has 0 saturated carbocycles. The second-order valence-corrected chi connectivity index (χ2v) is 8.13. The van der Waals surface area contributed by atoms with Crippen molar-refractivity contribution in [2.45, 2.75) is 26.3 Å². The average molecular weight is 442 g/mol. The molecule has 0 aliphatic carbocycles. The first-order chi connectivity index (χ1) is 15.9. The first-order valence-corrected chi connectivity index (χ1v) is 10.7. The monoisotopic (exact) mass is 441 g/mol. The van der Waals surface area contributed by atoms with E-state index >= 15 is 0 Å². The Labute approximate surface area is 193 Å². The highest BCUT2D eigenvalue weighted by Gasteiger charge is 2.41. The summed E-state index contributed by atoms with van der Waals surface area (Å²) in [4.78, 5) is 27.1. The summed E-state index contributed by atoms with van der Waals surface area (Å²) in [6, 6.07) is 21.9. The number of carboxylic acid groups (broad SMARTS) is 1. The Morgan fingerprint density at radius 3 is 2.06 bits per heavy atom. The SMILES string of the molecule is COc1ccc([C@@H]2C(CC(=O)[O-])=C(Nc3ccc(C)cc3)C(=O)N2c2ccc(C)cc2)cc1. The maximum atomic E-state index is 13.7. The van der Waals surface area contributed by atoms with Crippen LogP contribution in [-0.4, -0.2) is 19.0 Å². The van der Waals surface area contributed by atoms with Crippen molar-refractivity contribution in [1.82, 2.24) is 0 Å². The fraction of sp³-hybridized carbons (Fsp3) is 0.185. The highest BCUT2D eigenvalue weighted by molar-refractivity contribution is 6.12. The minimum atomic E-state index is -1.25. The minimum Gasteiger partial charge on any atom is -0.550 e. The van der Waals surface area contributed by atoms with Crippen molar-refractivity contribution in [1.29, 1.82) is 0 Å². The van der Waals surface area contributed by atoms with Gasteiger partial charge in [-0.1, -0.05) is 47.5 Å². The van der Waals surface area contributed by atoms with Crippen molar-refractivity contribution in [2.24, 2.45) is 0 Å². The number of hydrogen-bond acceptors (Lipinski definition) is 5. The predicted molar refractivity (Wildman–Crippen MR) is 126 cm³/mol. The van der Waals surface area contributed by atoms with Crippen LogP contribution < -0.4 is 20.1 Å². The van der Waals surface area contributed by atoms with Gasteiger partial charge in [0.25, 0.3) is 5.91 Å². The first kappa shape index (κ1) is 22.1. The number of ether oxygens (including phenoxy) is 1. The van der Waals surface area contributed by atoms with Gasteiger partial charge in [-0.05, 0) is 61.4 Å². The van der Waals surface area contributed by atoms with Gasteiger partial charge in [-0.25, -0.2) is 0 Å². The van der Waals surface area contributed by atoms with Crippen LogP contribution in [0, 0.1) is 13.8 Å². The number of carbonyl (C=O) groups is 2. The number of carbonyl (C=O) groups excluding carboxylic acids is 2. The molecule has 0 saturated heterocycles. The van der Waals surface area contributed by atoms with E-state index in [1.165, 1.54) is 0 Å². The Morgan fingerprint density at radius 2 is 1.52 bits per heavy atom. The molecule has 168 valence electrons. The maximum Gasteiger partial charge on any atom is 0.275 e. The van der Waals surface area contributed by atoms with Gasteiger partial charge in [-0.3, -0.25) is 9.69 Å². The molecule has 0 aromatic heterocycles. The van der Waals surface area contributed by atoms with Crippen LogP contribution in [0.1, 0.15) is 29.2 Å². The van der Waals surface area contributed by atoms with Crippen molar-refractivity contribution in [3.05, 3.63) is 101 Å². The van der Waals surface area contributed by atoms with E-state index in [4.69, 9.17) is 4.74 Å². The molecule has 1 N–H and O–H groups in total. The zero-order valence-corrected chi connectivity index (χ0v) is 18.8. The van der Waals surface area contributed by atoms with Gasteiger partial charge in [0.15, 0.2) is 0 Å². The van der Waals surface area contributed by atoms with Crippen LogP contribution >= 0.6 is 0 Å². The van der Waals surface area contributed by atoms with Crippen molar-refractivity contribution < 1.29 is 19.4 Å². The predicted octanol–water partition coefficient (Wildman–Crippen LogP) is 3.91. The molecular formula is C27H25N2O4-. The third-order valence-electron chi connectivity index (χ3n) is 5.74. The largest absolute Gasteiger partial charge is 0.550 e. The number of anilines is 2. The second-order valence-electron chi connectivity index (χ2n) is 8.13. The van der Waals surface area contributed by atoms with Gasteiger partial charge >= 0.3 is 0 Å². The lowest BCUT2D eigenvalue weighted by Crippen LogP contribution is -2.31. The molecule has 3 aromatic carbocycles. The molecule has 1 heterocycles. The van der Waals surface area contributed by atoms with Crippen LogP contribution in [0.25, 0.3) is 0 Å². The van der Waals surface area contributed by atoms with E-state index in [2.05, 4.69) is 5.32 Å². The van der Waals surface area contributed by atoms with Gasteiger partial charge in [0.2, 0.25) is 0 Å². The van der Waals surface area contributed by atoms with Crippen molar-refractivity contribution in [2.75, 3.05) is 17.3 Å². The molecule has 4 rings (SSSR count). The van der Waals surface area contributed by atoms with Crippen molar-refractivity contribution in [3.8, 4) is 5.75 Å². The quantitative estimate of drug-likeness (QED) is 0.601. The number of methoxy groups -OCH3 is 1. The molecule has 0 spiro atoms. The number of carboxylic acids is 1. The molecule has 0 unspecified atom stereocenters. The summed E-state index contributed by atoms with van der Waals surface area (Å²) < 4.78 is 5.27. The Kier molecular flexibility index (Phi) is 6.18. The van der Waals surface area contributed by atoms with Crippen LogP contribution in [-0.2, 0) is 9.59 Å². The molecule has 0 bridgehead atoms. The normalized spacial score (nSPS) is 15.7. The summed E-state index contributed by atoms with van der Waals surface area (Å²) in [6.45, 7) is 3.95. The minimum absolute atomic E-state index is 0.254. The van der Waals surface area contributed by atoms with Crippen LogP contribution in [0.2, 0.25) is 0 Å². The van der Waals surface area contributed by atoms with Gasteiger partial charge in [-0.15, -0.1) is 0 Å². The molecule has 0 fully saturated rings. The van der Waals surface area contributed by atoms with Crippen LogP contribution in [0.15, 0.2) is 84.1 Å². The number of hydrogen-bond donors (Lipinski definition) is 1. The first-order valence-electron chi connectivity index (χ1n) is 10.7. The highest BCUT2D eigenvalue weighted by atomic mass is 16.5. The fourth-order valence-corrected chi connectivity index (χ4v) is 4.03. The summed E-state index contributed by atoms with van der Waals surface area (Å²) in [6.07, 6.45) is -0.376. The standard InChI is InChI=1S/C27H26N2O4/c1-17-4-10-20(11-5-17)28-25-23(16-24(30)31)26(19-8-14-22(33-3)15-9-19)29(27(25)32)21-12-6-18(2)7-13-21/h4-15,26,28H,16H2,1-3H3,(H,30,31)/p-1/t26-/m1/s1. The van der Waals surface area contributed by atoms with E-state index in [0.29, 0.717) is 22.7 Å². The van der Waals surface area contributed by atoms with Gasteiger partial charge in [0.1, 0.15) is 11.4 Å². The molecule has 0 radical (unpaired) electrons. The molecule has 33 heavy (non-hydrogen) atoms. The molecular weight excluding hydrogens is 416 g/mol. The van der Waals surface area contributed by atoms with Gasteiger partial charge in [0, 0.05) is 23.8 Å². The molecule has 1 aliphatic rings. The number of rotatable bonds is 7. The van der Waals surface area contributed by atoms with Crippen LogP contribution in [0.4, 0.5) is 11.4 Å². The van der Waals surface area contributed by atoms with E-state index in [-0.39, 0.29) is 18.0 Å². The summed E-state index contributed by atoms with van der Waals surface area (Å²) in [5, 5.41) is 14.9. The number of aliphatic carboxylic acids is 1. The fourth-order valence-electron chi connectivity index (χ4n) is 4.03. The van der Waals surface area contributed by atoms with Crippen molar-refractivity contribution >= 4 is 23.3 Å². The third-order valence-corrected chi connectivity index (χ3v) is 5.74. The number of nitrogens with one attached hydrogen (secondary N) is 1. The average Bonchev–Trinajstić information content (AvgIpc) is 3.06. The number of aryl methyl sites for hydroxylation is 2. The Morgan fingerprint density at radius 1 is 0.939 bits per heavy atom. The summed E-state index contributed by atoms with van der Waals surface area (Å²) >= 11 is 0. The number of benzene rings is 3. The summed E-state index contributed by atoms with van der Waals surface area (Å²) in [7, 11) is 1.58. The van der Waals surface area contributed by atoms with Crippen molar-refractivity contribution in [3.63, 3.8) is 0 Å². The molecule has 1 aliphatic heterocycles. The molecule has 6 nitrogen and oxygen atoms in total. The number of nitrogens with zero attached hydrogens (tertiary/aromatic N) is 1. The van der Waals surface area contributed by atoms with E-state index in [1.54, 1.807) is 24.1 Å². The molecule has 1 atom stereocenters. The lowest BCUT2D eigenvalue weighted by Gasteiger charge is -2.28. The summed E-state index contributed by atoms with van der Waals surface area (Å²) in [5.41, 5.74) is 5.02. The van der Waals surface area contributed by atoms with E-state index in [9.17, 15) is 14.7 Å². The zero-order chi connectivity index (χ0) is 23.5. The number of amides is 1. The van der Waals surface area contributed by atoms with E-state index in [0.717, 1.165) is 16.7 Å². The topological polar surface area (TPSA) is 81.7 Å². The molecule has 1 amide bonds. The second kappa shape index (κ2) is 9.20. The Bertz CT molecular complexity index is 1200. The maximum absolute atomic E-state index is 13.7. The molecule has 6 heteroatoms. The van der Waals surface area contributed by atoms with E-state index < -0.39 is 12.0 Å². The molecule has 3 aromatic rings. The Balaban J connectivity index is 1.86. The Hall–Kier alpha value is -4.06. The lowest BCUT2D eigenvalue weighted by molar-refractivity contribution is -0.304. The third kappa shape index (κ3) is 4.60. The van der Waals surface area contributed by atoms with Crippen LogP contribution in [0.3, 0.4) is 0 Å². The zero-order valence-electron chi connectivity index (χ0n) is 18.8. The lowest BCUT2D eigenvalue weighted by atomic mass is 9.96.